The molecule has 6 aromatic rings. The summed E-state index contributed by atoms with van der Waals surface area (Å²) >= 11 is 7.07. The third kappa shape index (κ3) is 8.41. The number of amides is 4. The smallest absolute Gasteiger partial charge is 0.352 e. The Morgan fingerprint density at radius 3 is 2.45 bits per heavy atom. The molecule has 1 unspecified atom stereocenters. The van der Waals surface area contributed by atoms with Crippen LogP contribution in [0.15, 0.2) is 66.7 Å². The van der Waals surface area contributed by atoms with Crippen LogP contribution in [0.4, 0.5) is 4.39 Å². The number of nitrogens with zero attached hydrogens (tertiary/aromatic N) is 6. The molecule has 0 aliphatic carbocycles. The number of ether oxygens (including phenoxy) is 1. The summed E-state index contributed by atoms with van der Waals surface area (Å²) in [6, 6.07) is 18.6. The molecule has 4 aromatic carbocycles. The van der Waals surface area contributed by atoms with E-state index >= 15 is 0 Å². The van der Waals surface area contributed by atoms with Gasteiger partial charge in [-0.1, -0.05) is 41.9 Å². The Labute approximate surface area is 385 Å². The summed E-state index contributed by atoms with van der Waals surface area (Å²) in [6.07, 6.45) is 2.09. The van der Waals surface area contributed by atoms with Gasteiger partial charge in [-0.3, -0.25) is 34.1 Å². The topological polar surface area (TPSA) is 159 Å². The highest BCUT2D eigenvalue weighted by Gasteiger charge is 2.40. The summed E-state index contributed by atoms with van der Waals surface area (Å²) < 4.78 is 23.8. The molecule has 342 valence electrons. The van der Waals surface area contributed by atoms with Crippen LogP contribution < -0.4 is 10.1 Å². The van der Waals surface area contributed by atoms with Crippen molar-refractivity contribution in [2.24, 2.45) is 7.05 Å². The summed E-state index contributed by atoms with van der Waals surface area (Å²) in [5, 5.41) is 20.8. The predicted molar refractivity (Wildman–Crippen MR) is 247 cm³/mol. The van der Waals surface area contributed by atoms with Crippen molar-refractivity contribution >= 4 is 62.9 Å². The third-order valence-corrected chi connectivity index (χ3v) is 13.8. The number of aromatic carboxylic acids is 1. The fourth-order valence-electron chi connectivity index (χ4n) is 10.1. The number of carboxylic acids is 1. The van der Waals surface area contributed by atoms with Gasteiger partial charge in [-0.25, -0.2) is 9.18 Å². The second-order valence-electron chi connectivity index (χ2n) is 17.4. The Hall–Kier alpha value is -6.58. The average molecular weight is 916 g/mol. The number of rotatable bonds is 14. The molecule has 0 bridgehead atoms. The maximum absolute atomic E-state index is 13.9. The van der Waals surface area contributed by atoms with Crippen LogP contribution in [0.3, 0.4) is 0 Å². The van der Waals surface area contributed by atoms with Crippen molar-refractivity contribution in [3.05, 3.63) is 117 Å². The predicted octanol–water partition coefficient (Wildman–Crippen LogP) is 6.85. The van der Waals surface area contributed by atoms with Gasteiger partial charge in [0, 0.05) is 98.9 Å². The van der Waals surface area contributed by atoms with E-state index in [1.54, 1.807) is 22.9 Å². The number of carboxylic acid groups (broad SMARTS) is 1. The van der Waals surface area contributed by atoms with Crippen LogP contribution in [0.2, 0.25) is 5.02 Å². The summed E-state index contributed by atoms with van der Waals surface area (Å²) in [5.41, 5.74) is 7.11. The quantitative estimate of drug-likeness (QED) is 0.0881. The molecule has 2 N–H and O–H groups in total. The van der Waals surface area contributed by atoms with Crippen LogP contribution in [-0.4, -0.2) is 109 Å². The first-order chi connectivity index (χ1) is 31.8. The highest BCUT2D eigenvalue weighted by Crippen LogP contribution is 2.42. The van der Waals surface area contributed by atoms with Crippen molar-refractivity contribution in [3.63, 3.8) is 0 Å². The average Bonchev–Trinajstić information content (AvgIpc) is 3.89. The molecule has 0 spiro atoms. The number of fused-ring (bicyclic) bond motifs is 3. The minimum atomic E-state index is -1.05. The number of carbonyl (C=O) groups excluding carboxylic acids is 4. The first-order valence-electron chi connectivity index (χ1n) is 22.4. The Morgan fingerprint density at radius 1 is 0.939 bits per heavy atom. The van der Waals surface area contributed by atoms with E-state index in [9.17, 15) is 33.5 Å². The van der Waals surface area contributed by atoms with Crippen LogP contribution >= 0.6 is 11.6 Å². The fraction of sp³-hybridized carbons (Fsp3) is 0.360. The molecule has 14 nitrogen and oxygen atoms in total. The molecule has 3 aliphatic rings. The molecule has 1 atom stereocenters. The summed E-state index contributed by atoms with van der Waals surface area (Å²) in [4.78, 5) is 70.3. The zero-order valence-corrected chi connectivity index (χ0v) is 37.9. The molecule has 5 heterocycles. The molecule has 2 aromatic heterocycles. The van der Waals surface area contributed by atoms with E-state index in [-0.39, 0.29) is 55.0 Å². The number of piperidine rings is 1. The molecule has 3 aliphatic heterocycles. The first kappa shape index (κ1) is 44.6. The Bertz CT molecular complexity index is 2950. The molecule has 4 amide bonds. The summed E-state index contributed by atoms with van der Waals surface area (Å²) in [7, 11) is 1.87. The van der Waals surface area contributed by atoms with Crippen LogP contribution in [-0.2, 0) is 47.4 Å². The molecule has 16 heteroatoms. The highest BCUT2D eigenvalue weighted by molar-refractivity contribution is 6.35. The van der Waals surface area contributed by atoms with Gasteiger partial charge in [0.15, 0.2) is 0 Å². The van der Waals surface area contributed by atoms with Crippen LogP contribution in [0.25, 0.3) is 32.8 Å². The normalized spacial score (nSPS) is 16.7. The van der Waals surface area contributed by atoms with Gasteiger partial charge in [-0.15, -0.1) is 0 Å². The zero-order valence-electron chi connectivity index (χ0n) is 37.2. The molecule has 9 rings (SSSR count). The maximum atomic E-state index is 13.9. The minimum Gasteiger partial charge on any atom is -0.493 e. The van der Waals surface area contributed by atoms with Gasteiger partial charge in [0.1, 0.15) is 23.3 Å². The fourth-order valence-corrected chi connectivity index (χ4v) is 10.4. The zero-order chi connectivity index (χ0) is 46.4. The second-order valence-corrected chi connectivity index (χ2v) is 17.8. The Morgan fingerprint density at radius 2 is 1.71 bits per heavy atom. The number of nitrogens with one attached hydrogen (secondary N) is 1. The van der Waals surface area contributed by atoms with Gasteiger partial charge < -0.3 is 24.2 Å². The number of piperazine rings is 1. The maximum Gasteiger partial charge on any atom is 0.352 e. The lowest BCUT2D eigenvalue weighted by Crippen LogP contribution is -2.52. The van der Waals surface area contributed by atoms with Gasteiger partial charge >= 0.3 is 5.97 Å². The van der Waals surface area contributed by atoms with Crippen molar-refractivity contribution in [2.45, 2.75) is 71.5 Å². The van der Waals surface area contributed by atoms with Gasteiger partial charge in [-0.2, -0.15) is 5.10 Å². The summed E-state index contributed by atoms with van der Waals surface area (Å²) in [6.45, 7) is 7.56. The number of aryl methyl sites for hydroxylation is 4. The lowest BCUT2D eigenvalue weighted by Gasteiger charge is -2.35. The van der Waals surface area contributed by atoms with E-state index in [2.05, 4.69) is 15.3 Å². The number of halogens is 2. The number of hydrogen-bond donors (Lipinski definition) is 2. The lowest BCUT2D eigenvalue weighted by atomic mass is 9.98. The highest BCUT2D eigenvalue weighted by atomic mass is 35.5. The Balaban J connectivity index is 0.896. The van der Waals surface area contributed by atoms with Gasteiger partial charge in [0.25, 0.3) is 5.91 Å². The Kier molecular flexibility index (Phi) is 12.4. The van der Waals surface area contributed by atoms with Crippen molar-refractivity contribution < 1.29 is 38.2 Å². The molecule has 2 fully saturated rings. The van der Waals surface area contributed by atoms with Gasteiger partial charge in [-0.05, 0) is 98.0 Å². The van der Waals surface area contributed by atoms with Crippen molar-refractivity contribution in [1.29, 1.82) is 0 Å². The van der Waals surface area contributed by atoms with Crippen molar-refractivity contribution in [3.8, 4) is 16.9 Å². The van der Waals surface area contributed by atoms with E-state index in [4.69, 9.17) is 16.3 Å². The van der Waals surface area contributed by atoms with Crippen molar-refractivity contribution in [2.75, 3.05) is 39.3 Å². The molecular formula is C50H51ClFN7O7. The number of aromatic nitrogens is 3. The number of benzene rings is 4. The number of carbonyl (C=O) groups is 5. The molecule has 0 radical (unpaired) electrons. The first-order valence-corrected chi connectivity index (χ1v) is 22.8. The SMILES string of the molecule is Cc1nn(C)c(C)c1-c1c(Cl)ccc2c(CCCOc3cccc4cc(F)ccc34)c(C(=O)O)n(CCN3CCN(C(=O)CCc4cccc5c4CN(C4CCC(=O)NC4=O)C5=O)CC3)c12. The van der Waals surface area contributed by atoms with Crippen LogP contribution in [0, 0.1) is 19.7 Å². The van der Waals surface area contributed by atoms with Gasteiger partial charge in [0.05, 0.1) is 22.8 Å². The number of imide groups is 1. The molecule has 66 heavy (non-hydrogen) atoms. The van der Waals surface area contributed by atoms with E-state index < -0.39 is 17.9 Å². The standard InChI is InChI=1S/C50H51ClFN7O7/c1-29-44(30(2)55(3)54-29)45-39(51)16-15-36-35(10-6-26-66-41-11-5-8-32-27-33(52)13-14-34(32)41)47(50(64)65)58(46(36)45)25-22-56-20-23-57(24-21-56)43(61)19-12-31-7-4-9-37-38(31)28-59(49(37)63)40-17-18-42(60)53-48(40)62/h4-5,7-9,11,13-16,27,40H,6,10,12,17-26,28H2,1-3H3,(H,64,65)(H,53,60,62). The van der Waals surface area contributed by atoms with E-state index in [1.807, 2.05) is 66.8 Å². The largest absolute Gasteiger partial charge is 0.493 e. The monoisotopic (exact) mass is 915 g/mol. The number of hydrogen-bond acceptors (Lipinski definition) is 8. The summed E-state index contributed by atoms with van der Waals surface area (Å²) in [5.74, 6) is -1.78. The van der Waals surface area contributed by atoms with Crippen LogP contribution in [0.1, 0.15) is 74.6 Å². The molecular weight excluding hydrogens is 865 g/mol. The third-order valence-electron chi connectivity index (χ3n) is 13.5. The lowest BCUT2D eigenvalue weighted by molar-refractivity contribution is -0.137. The second kappa shape index (κ2) is 18.4. The minimum absolute atomic E-state index is 0.00707. The van der Waals surface area contributed by atoms with Crippen molar-refractivity contribution in [1.82, 2.24) is 34.4 Å². The van der Waals surface area contributed by atoms with E-state index in [0.717, 1.165) is 55.3 Å². The molecule has 2 saturated heterocycles. The van der Waals surface area contributed by atoms with E-state index in [0.29, 0.717) is 87.0 Å². The van der Waals surface area contributed by atoms with Gasteiger partial charge in [0.2, 0.25) is 17.7 Å². The van der Waals surface area contributed by atoms with E-state index in [1.165, 1.54) is 17.0 Å². The van der Waals surface area contributed by atoms with Crippen LogP contribution in [0.5, 0.6) is 5.75 Å². The molecule has 0 saturated carbocycles.